The second-order valence-electron chi connectivity index (χ2n) is 6.07. The van der Waals surface area contributed by atoms with E-state index < -0.39 is 0 Å². The highest BCUT2D eigenvalue weighted by atomic mass is 14.8. The van der Waals surface area contributed by atoms with Crippen LogP contribution in [0.1, 0.15) is 66.2 Å². The fourth-order valence-corrected chi connectivity index (χ4v) is 4.89. The summed E-state index contributed by atoms with van der Waals surface area (Å²) in [6.45, 7) is 9.65. The molecular formula is C15H28. The molecule has 0 aromatic carbocycles. The van der Waals surface area contributed by atoms with Crippen molar-refractivity contribution >= 4 is 0 Å². The van der Waals surface area contributed by atoms with Gasteiger partial charge in [-0.15, -0.1) is 0 Å². The lowest BCUT2D eigenvalue weighted by molar-refractivity contribution is 0.247. The Morgan fingerprint density at radius 3 is 2.47 bits per heavy atom. The van der Waals surface area contributed by atoms with Gasteiger partial charge in [-0.3, -0.25) is 0 Å². The van der Waals surface area contributed by atoms with E-state index >= 15 is 0 Å². The summed E-state index contributed by atoms with van der Waals surface area (Å²) in [5, 5.41) is 0. The average Bonchev–Trinajstić information content (AvgIpc) is 2.76. The molecule has 0 aromatic rings. The summed E-state index contributed by atoms with van der Waals surface area (Å²) in [6, 6.07) is 0. The van der Waals surface area contributed by atoms with Crippen LogP contribution in [0.4, 0.5) is 0 Å². The summed E-state index contributed by atoms with van der Waals surface area (Å²) in [6.07, 6.45) is 8.75. The first-order valence-electron chi connectivity index (χ1n) is 7.22. The standard InChI is InChI=1S/C15H28/c1-5-8-11(4)15(7-3)13-10-12(9-6-2)14(13)15/h11-14H,5-10H2,1-4H3. The highest BCUT2D eigenvalue weighted by Gasteiger charge is 2.73. The Morgan fingerprint density at radius 1 is 1.20 bits per heavy atom. The zero-order chi connectivity index (χ0) is 11.1. The van der Waals surface area contributed by atoms with Gasteiger partial charge in [-0.05, 0) is 41.9 Å². The minimum absolute atomic E-state index is 0.801. The van der Waals surface area contributed by atoms with Gasteiger partial charge in [0.2, 0.25) is 0 Å². The molecule has 2 fully saturated rings. The van der Waals surface area contributed by atoms with Gasteiger partial charge in [-0.1, -0.05) is 53.4 Å². The highest BCUT2D eigenvalue weighted by Crippen LogP contribution is 2.78. The molecule has 0 nitrogen and oxygen atoms in total. The number of rotatable bonds is 6. The molecule has 0 aromatic heterocycles. The third-order valence-electron chi connectivity index (χ3n) is 5.61. The predicted octanol–water partition coefficient (Wildman–Crippen LogP) is 4.89. The van der Waals surface area contributed by atoms with Crippen LogP contribution in [0.5, 0.6) is 0 Å². The molecule has 0 saturated heterocycles. The summed E-state index contributed by atoms with van der Waals surface area (Å²) in [5.74, 6) is 4.38. The largest absolute Gasteiger partial charge is 0.0654 e. The van der Waals surface area contributed by atoms with E-state index in [1.54, 1.807) is 6.42 Å². The maximum atomic E-state index is 2.52. The maximum Gasteiger partial charge on any atom is -0.0209 e. The van der Waals surface area contributed by atoms with Gasteiger partial charge in [0.25, 0.3) is 0 Å². The summed E-state index contributed by atoms with van der Waals surface area (Å²) in [7, 11) is 0. The SMILES string of the molecule is CCCC1CC2C1C2(CC)C(C)CCC. The van der Waals surface area contributed by atoms with Crippen LogP contribution < -0.4 is 0 Å². The van der Waals surface area contributed by atoms with Crippen LogP contribution >= 0.6 is 0 Å². The molecule has 15 heavy (non-hydrogen) atoms. The molecule has 0 radical (unpaired) electrons. The highest BCUT2D eigenvalue weighted by molar-refractivity contribution is 5.20. The predicted molar refractivity (Wildman–Crippen MR) is 66.8 cm³/mol. The van der Waals surface area contributed by atoms with Crippen molar-refractivity contribution in [2.45, 2.75) is 66.2 Å². The topological polar surface area (TPSA) is 0 Å². The van der Waals surface area contributed by atoms with E-state index in [0.29, 0.717) is 0 Å². The van der Waals surface area contributed by atoms with E-state index in [1.807, 2.05) is 0 Å². The average molecular weight is 208 g/mol. The van der Waals surface area contributed by atoms with Crippen LogP contribution in [-0.4, -0.2) is 0 Å². The lowest BCUT2D eigenvalue weighted by Crippen LogP contribution is -2.16. The summed E-state index contributed by atoms with van der Waals surface area (Å²) in [5.41, 5.74) is 0.801. The molecule has 2 saturated carbocycles. The van der Waals surface area contributed by atoms with E-state index in [9.17, 15) is 0 Å². The van der Waals surface area contributed by atoms with Crippen LogP contribution in [0.25, 0.3) is 0 Å². The second-order valence-corrected chi connectivity index (χ2v) is 6.07. The van der Waals surface area contributed by atoms with E-state index in [-0.39, 0.29) is 0 Å². The van der Waals surface area contributed by atoms with Gasteiger partial charge in [0, 0.05) is 0 Å². The van der Waals surface area contributed by atoms with E-state index in [2.05, 4.69) is 27.7 Å². The minimum atomic E-state index is 0.801. The lowest BCUT2D eigenvalue weighted by atomic mass is 9.80. The Bertz CT molecular complexity index is 220. The molecule has 5 atom stereocenters. The van der Waals surface area contributed by atoms with Crippen molar-refractivity contribution in [2.75, 3.05) is 0 Å². The van der Waals surface area contributed by atoms with Crippen molar-refractivity contribution in [1.82, 2.24) is 0 Å². The Labute approximate surface area is 95.8 Å². The van der Waals surface area contributed by atoms with E-state index in [1.165, 1.54) is 32.1 Å². The monoisotopic (exact) mass is 208 g/mol. The summed E-state index contributed by atoms with van der Waals surface area (Å²) in [4.78, 5) is 0. The Morgan fingerprint density at radius 2 is 1.93 bits per heavy atom. The molecule has 2 rings (SSSR count). The molecule has 2 aliphatic carbocycles. The van der Waals surface area contributed by atoms with Crippen LogP contribution in [0.15, 0.2) is 0 Å². The summed E-state index contributed by atoms with van der Waals surface area (Å²) >= 11 is 0. The smallest absolute Gasteiger partial charge is 0.0209 e. The van der Waals surface area contributed by atoms with Crippen LogP contribution in [0, 0.1) is 29.1 Å². The zero-order valence-electron chi connectivity index (χ0n) is 11.1. The summed E-state index contributed by atoms with van der Waals surface area (Å²) < 4.78 is 0. The molecule has 0 heterocycles. The third kappa shape index (κ3) is 1.47. The molecule has 0 heteroatoms. The maximum absolute atomic E-state index is 2.52. The Hall–Kier alpha value is 0. The molecule has 5 unspecified atom stereocenters. The molecule has 0 aliphatic heterocycles. The van der Waals surface area contributed by atoms with Crippen molar-refractivity contribution in [3.63, 3.8) is 0 Å². The van der Waals surface area contributed by atoms with Gasteiger partial charge < -0.3 is 0 Å². The third-order valence-corrected chi connectivity index (χ3v) is 5.61. The minimum Gasteiger partial charge on any atom is -0.0654 e. The zero-order valence-corrected chi connectivity index (χ0v) is 11.1. The molecule has 0 bridgehead atoms. The van der Waals surface area contributed by atoms with Crippen molar-refractivity contribution in [1.29, 1.82) is 0 Å². The van der Waals surface area contributed by atoms with Crippen LogP contribution in [0.2, 0.25) is 0 Å². The van der Waals surface area contributed by atoms with Crippen molar-refractivity contribution in [3.8, 4) is 0 Å². The van der Waals surface area contributed by atoms with Gasteiger partial charge in [0.15, 0.2) is 0 Å². The number of fused-ring (bicyclic) bond motifs is 1. The molecular weight excluding hydrogens is 180 g/mol. The van der Waals surface area contributed by atoms with Gasteiger partial charge in [0.1, 0.15) is 0 Å². The number of hydrogen-bond donors (Lipinski definition) is 0. The lowest BCUT2D eigenvalue weighted by Gasteiger charge is -2.25. The van der Waals surface area contributed by atoms with Crippen molar-refractivity contribution < 1.29 is 0 Å². The van der Waals surface area contributed by atoms with Gasteiger partial charge in [-0.2, -0.15) is 0 Å². The second kappa shape index (κ2) is 4.11. The Kier molecular flexibility index (Phi) is 3.14. The van der Waals surface area contributed by atoms with Crippen molar-refractivity contribution in [2.24, 2.45) is 29.1 Å². The first-order valence-corrected chi connectivity index (χ1v) is 7.22. The molecule has 2 aliphatic rings. The first kappa shape index (κ1) is 11.5. The number of hydrogen-bond acceptors (Lipinski definition) is 0. The van der Waals surface area contributed by atoms with Gasteiger partial charge >= 0.3 is 0 Å². The molecule has 0 N–H and O–H groups in total. The fourth-order valence-electron chi connectivity index (χ4n) is 4.89. The Balaban J connectivity index is 1.96. The molecule has 88 valence electrons. The van der Waals surface area contributed by atoms with Crippen molar-refractivity contribution in [3.05, 3.63) is 0 Å². The first-order chi connectivity index (χ1) is 7.22. The quantitative estimate of drug-likeness (QED) is 0.583. The normalized spacial score (nSPS) is 44.4. The van der Waals surface area contributed by atoms with Gasteiger partial charge in [0.05, 0.1) is 0 Å². The fraction of sp³-hybridized carbons (Fsp3) is 1.00. The molecule has 0 spiro atoms. The van der Waals surface area contributed by atoms with E-state index in [4.69, 9.17) is 0 Å². The molecule has 0 amide bonds. The van der Waals surface area contributed by atoms with E-state index in [0.717, 1.165) is 29.1 Å². The van der Waals surface area contributed by atoms with Gasteiger partial charge in [-0.25, -0.2) is 0 Å². The van der Waals surface area contributed by atoms with Crippen LogP contribution in [0.3, 0.4) is 0 Å². The van der Waals surface area contributed by atoms with Crippen LogP contribution in [-0.2, 0) is 0 Å².